The molecular formula is C22H26F2N2O. The Hall–Kier alpha value is -2.27. The molecule has 1 saturated heterocycles. The van der Waals surface area contributed by atoms with Gasteiger partial charge in [0.1, 0.15) is 0 Å². The normalized spacial score (nSPS) is 16.3. The molecule has 0 spiro atoms. The van der Waals surface area contributed by atoms with E-state index >= 15 is 0 Å². The van der Waals surface area contributed by atoms with Crippen LogP contribution in [0.5, 0.6) is 0 Å². The minimum Gasteiger partial charge on any atom is -0.343 e. The molecule has 1 atom stereocenters. The maximum absolute atomic E-state index is 13.9. The van der Waals surface area contributed by atoms with Gasteiger partial charge in [-0.15, -0.1) is 0 Å². The lowest BCUT2D eigenvalue weighted by Crippen LogP contribution is -2.52. The summed E-state index contributed by atoms with van der Waals surface area (Å²) in [5.74, 6) is -2.02. The standard InChI is InChI=1S/C22H26F2N2O/c1-15-6-8-16(9-7-15)21(27)25-20(17-10-11-18(23)19(24)14-17)22(2,3)26-12-4-5-13-26/h6-11,14,20H,4-5,12-13H2,1-3H3,(H,25,27). The van der Waals surface area contributed by atoms with Crippen LogP contribution in [0.3, 0.4) is 0 Å². The molecule has 144 valence electrons. The third-order valence-electron chi connectivity index (χ3n) is 5.49. The van der Waals surface area contributed by atoms with Crippen LogP contribution < -0.4 is 5.32 Å². The Morgan fingerprint density at radius 3 is 2.26 bits per heavy atom. The van der Waals surface area contributed by atoms with E-state index in [9.17, 15) is 13.6 Å². The van der Waals surface area contributed by atoms with Gasteiger partial charge in [-0.1, -0.05) is 23.8 Å². The summed E-state index contributed by atoms with van der Waals surface area (Å²) in [5.41, 5.74) is 1.74. The molecule has 3 nitrogen and oxygen atoms in total. The van der Waals surface area contributed by atoms with Gasteiger partial charge in [0.15, 0.2) is 11.6 Å². The number of likely N-dealkylation sites (tertiary alicyclic amines) is 1. The van der Waals surface area contributed by atoms with Gasteiger partial charge in [-0.3, -0.25) is 9.69 Å². The first-order valence-corrected chi connectivity index (χ1v) is 9.36. The number of benzene rings is 2. The molecule has 5 heteroatoms. The van der Waals surface area contributed by atoms with Gasteiger partial charge in [-0.25, -0.2) is 8.78 Å². The first kappa shape index (κ1) is 19.5. The highest BCUT2D eigenvalue weighted by atomic mass is 19.2. The minimum absolute atomic E-state index is 0.225. The van der Waals surface area contributed by atoms with Crippen LogP contribution in [0.1, 0.15) is 54.2 Å². The molecule has 0 aromatic heterocycles. The molecule has 1 amide bonds. The number of carbonyl (C=O) groups is 1. The van der Waals surface area contributed by atoms with Gasteiger partial charge in [0.2, 0.25) is 0 Å². The van der Waals surface area contributed by atoms with E-state index in [1.165, 1.54) is 6.07 Å². The predicted molar refractivity (Wildman–Crippen MR) is 103 cm³/mol. The molecule has 1 heterocycles. The summed E-state index contributed by atoms with van der Waals surface area (Å²) in [7, 11) is 0. The molecule has 2 aromatic rings. The van der Waals surface area contributed by atoms with Crippen molar-refractivity contribution in [2.45, 2.75) is 45.2 Å². The van der Waals surface area contributed by atoms with Gasteiger partial charge in [0, 0.05) is 11.1 Å². The Morgan fingerprint density at radius 2 is 1.67 bits per heavy atom. The van der Waals surface area contributed by atoms with Gasteiger partial charge in [-0.05, 0) is 76.5 Å². The van der Waals surface area contributed by atoms with Crippen molar-refractivity contribution in [2.75, 3.05) is 13.1 Å². The van der Waals surface area contributed by atoms with Crippen LogP contribution in [0.4, 0.5) is 8.78 Å². The summed E-state index contributed by atoms with van der Waals surface area (Å²) >= 11 is 0. The Balaban J connectivity index is 1.94. The SMILES string of the molecule is Cc1ccc(C(=O)NC(c2ccc(F)c(F)c2)C(C)(C)N2CCCC2)cc1. The molecule has 3 rings (SSSR count). The molecule has 1 aliphatic heterocycles. The molecule has 0 radical (unpaired) electrons. The highest BCUT2D eigenvalue weighted by Crippen LogP contribution is 2.34. The molecule has 0 saturated carbocycles. The molecule has 27 heavy (non-hydrogen) atoms. The summed E-state index contributed by atoms with van der Waals surface area (Å²) in [6.07, 6.45) is 2.19. The summed E-state index contributed by atoms with van der Waals surface area (Å²) in [5, 5.41) is 3.06. The summed E-state index contributed by atoms with van der Waals surface area (Å²) in [6.45, 7) is 7.89. The zero-order chi connectivity index (χ0) is 19.6. The number of nitrogens with one attached hydrogen (secondary N) is 1. The predicted octanol–water partition coefficient (Wildman–Crippen LogP) is 4.62. The van der Waals surface area contributed by atoms with Gasteiger partial charge in [-0.2, -0.15) is 0 Å². The van der Waals surface area contributed by atoms with Crippen LogP contribution in [0, 0.1) is 18.6 Å². The highest BCUT2D eigenvalue weighted by molar-refractivity contribution is 5.94. The maximum Gasteiger partial charge on any atom is 0.251 e. The second-order valence-electron chi connectivity index (χ2n) is 7.79. The smallest absolute Gasteiger partial charge is 0.251 e. The van der Waals surface area contributed by atoms with Crippen LogP contribution in [0.2, 0.25) is 0 Å². The summed E-state index contributed by atoms with van der Waals surface area (Å²) in [4.78, 5) is 15.2. The lowest BCUT2D eigenvalue weighted by atomic mass is 9.86. The number of amides is 1. The van der Waals surface area contributed by atoms with Gasteiger partial charge in [0.25, 0.3) is 5.91 Å². The fourth-order valence-corrected chi connectivity index (χ4v) is 3.76. The molecule has 1 fully saturated rings. The van der Waals surface area contributed by atoms with Gasteiger partial charge in [0.05, 0.1) is 6.04 Å². The van der Waals surface area contributed by atoms with E-state index in [0.717, 1.165) is 37.6 Å². The maximum atomic E-state index is 13.9. The van der Waals surface area contributed by atoms with Crippen LogP contribution in [0.25, 0.3) is 0 Å². The molecule has 1 N–H and O–H groups in total. The second kappa shape index (κ2) is 7.77. The summed E-state index contributed by atoms with van der Waals surface area (Å²) in [6, 6.07) is 10.7. The largest absolute Gasteiger partial charge is 0.343 e. The number of nitrogens with zero attached hydrogens (tertiary/aromatic N) is 1. The van der Waals surface area contributed by atoms with Gasteiger partial charge < -0.3 is 5.32 Å². The Labute approximate surface area is 159 Å². The van der Waals surface area contributed by atoms with Crippen molar-refractivity contribution < 1.29 is 13.6 Å². The highest BCUT2D eigenvalue weighted by Gasteiger charge is 2.39. The van der Waals surface area contributed by atoms with E-state index < -0.39 is 23.2 Å². The number of hydrogen-bond donors (Lipinski definition) is 1. The Kier molecular flexibility index (Phi) is 5.61. The van der Waals surface area contributed by atoms with E-state index in [0.29, 0.717) is 11.1 Å². The topological polar surface area (TPSA) is 32.3 Å². The van der Waals surface area contributed by atoms with Crippen LogP contribution in [0.15, 0.2) is 42.5 Å². The van der Waals surface area contributed by atoms with Crippen LogP contribution in [-0.2, 0) is 0 Å². The first-order chi connectivity index (χ1) is 12.8. The van der Waals surface area contributed by atoms with Crippen molar-refractivity contribution in [2.24, 2.45) is 0 Å². The number of hydrogen-bond acceptors (Lipinski definition) is 2. The quantitative estimate of drug-likeness (QED) is 0.831. The van der Waals surface area contributed by atoms with Crippen molar-refractivity contribution in [1.82, 2.24) is 10.2 Å². The fraction of sp³-hybridized carbons (Fsp3) is 0.409. The van der Waals surface area contributed by atoms with Crippen LogP contribution in [-0.4, -0.2) is 29.4 Å². The van der Waals surface area contributed by atoms with E-state index in [2.05, 4.69) is 10.2 Å². The molecule has 2 aromatic carbocycles. The van der Waals surface area contributed by atoms with Crippen molar-refractivity contribution in [3.8, 4) is 0 Å². The average Bonchev–Trinajstić information content (AvgIpc) is 3.18. The zero-order valence-electron chi connectivity index (χ0n) is 16.1. The van der Waals surface area contributed by atoms with E-state index in [1.807, 2.05) is 32.9 Å². The average molecular weight is 372 g/mol. The van der Waals surface area contributed by atoms with E-state index in [4.69, 9.17) is 0 Å². The monoisotopic (exact) mass is 372 g/mol. The van der Waals surface area contributed by atoms with E-state index in [-0.39, 0.29) is 5.91 Å². The number of halogens is 2. The first-order valence-electron chi connectivity index (χ1n) is 9.36. The molecule has 1 unspecified atom stereocenters. The number of aryl methyl sites for hydroxylation is 1. The lowest BCUT2D eigenvalue weighted by Gasteiger charge is -2.42. The minimum atomic E-state index is -0.903. The van der Waals surface area contributed by atoms with Crippen LogP contribution >= 0.6 is 0 Å². The molecular weight excluding hydrogens is 346 g/mol. The number of rotatable bonds is 5. The van der Waals surface area contributed by atoms with Crippen molar-refractivity contribution in [3.05, 3.63) is 70.8 Å². The third-order valence-corrected chi connectivity index (χ3v) is 5.49. The molecule has 1 aliphatic rings. The number of carbonyl (C=O) groups excluding carboxylic acids is 1. The van der Waals surface area contributed by atoms with E-state index in [1.54, 1.807) is 18.2 Å². The summed E-state index contributed by atoms with van der Waals surface area (Å²) < 4.78 is 27.4. The molecule has 0 bridgehead atoms. The van der Waals surface area contributed by atoms with Gasteiger partial charge >= 0.3 is 0 Å². The zero-order valence-corrected chi connectivity index (χ0v) is 16.1. The van der Waals surface area contributed by atoms with Crippen molar-refractivity contribution >= 4 is 5.91 Å². The second-order valence-corrected chi connectivity index (χ2v) is 7.79. The van der Waals surface area contributed by atoms with Crippen molar-refractivity contribution in [3.63, 3.8) is 0 Å². The lowest BCUT2D eigenvalue weighted by molar-refractivity contribution is 0.0778. The fourth-order valence-electron chi connectivity index (χ4n) is 3.76. The Morgan fingerprint density at radius 1 is 1.04 bits per heavy atom. The Bertz CT molecular complexity index is 812. The molecule has 0 aliphatic carbocycles. The third kappa shape index (κ3) is 4.19. The van der Waals surface area contributed by atoms with Crippen molar-refractivity contribution in [1.29, 1.82) is 0 Å².